The molecule has 3 nitrogen and oxygen atoms in total. The lowest BCUT2D eigenvalue weighted by Crippen LogP contribution is -2.15. The van der Waals surface area contributed by atoms with E-state index in [0.29, 0.717) is 6.04 Å². The van der Waals surface area contributed by atoms with Crippen LogP contribution in [0.2, 0.25) is 0 Å². The van der Waals surface area contributed by atoms with Crippen molar-refractivity contribution in [1.82, 2.24) is 10.3 Å². The maximum atomic E-state index is 5.91. The van der Waals surface area contributed by atoms with Crippen molar-refractivity contribution in [2.45, 2.75) is 39.3 Å². The smallest absolute Gasteiger partial charge is 0.146 e. The molecule has 1 heterocycles. The number of rotatable bonds is 5. The molecule has 1 N–H and O–H groups in total. The number of hydrogen-bond acceptors (Lipinski definition) is 3. The molecule has 0 bridgehead atoms. The predicted octanol–water partition coefficient (Wildman–Crippen LogP) is 3.74. The van der Waals surface area contributed by atoms with Crippen LogP contribution in [0.4, 0.5) is 0 Å². The fraction of sp³-hybridized carbons (Fsp3) is 0.353. The number of ether oxygens (including phenoxy) is 1. The summed E-state index contributed by atoms with van der Waals surface area (Å²) < 4.78 is 5.91. The Morgan fingerprint density at radius 1 is 1.05 bits per heavy atom. The SMILES string of the molecule is Cc1cc(C)cc(Oc2cncc(CNC3CC3)c2)c1. The Morgan fingerprint density at radius 3 is 2.50 bits per heavy atom. The van der Waals surface area contributed by atoms with E-state index in [-0.39, 0.29) is 0 Å². The van der Waals surface area contributed by atoms with Crippen LogP contribution >= 0.6 is 0 Å². The molecule has 0 unspecified atom stereocenters. The van der Waals surface area contributed by atoms with E-state index in [2.05, 4.69) is 36.3 Å². The molecule has 2 aromatic rings. The fourth-order valence-corrected chi connectivity index (χ4v) is 2.29. The number of aromatic nitrogens is 1. The zero-order valence-corrected chi connectivity index (χ0v) is 12.0. The maximum Gasteiger partial charge on any atom is 0.146 e. The lowest BCUT2D eigenvalue weighted by atomic mass is 10.1. The van der Waals surface area contributed by atoms with Crippen molar-refractivity contribution in [3.63, 3.8) is 0 Å². The summed E-state index contributed by atoms with van der Waals surface area (Å²) in [5.74, 6) is 1.67. The van der Waals surface area contributed by atoms with Gasteiger partial charge in [-0.1, -0.05) is 6.07 Å². The molecule has 0 saturated heterocycles. The van der Waals surface area contributed by atoms with Crippen molar-refractivity contribution in [1.29, 1.82) is 0 Å². The molecule has 0 spiro atoms. The van der Waals surface area contributed by atoms with Gasteiger partial charge in [-0.15, -0.1) is 0 Å². The molecule has 1 saturated carbocycles. The van der Waals surface area contributed by atoms with E-state index in [1.54, 1.807) is 6.20 Å². The van der Waals surface area contributed by atoms with Crippen LogP contribution in [0.25, 0.3) is 0 Å². The van der Waals surface area contributed by atoms with Gasteiger partial charge in [0.1, 0.15) is 11.5 Å². The van der Waals surface area contributed by atoms with Crippen molar-refractivity contribution in [3.8, 4) is 11.5 Å². The number of hydrogen-bond donors (Lipinski definition) is 1. The van der Waals surface area contributed by atoms with Gasteiger partial charge in [-0.2, -0.15) is 0 Å². The summed E-state index contributed by atoms with van der Waals surface area (Å²) in [6, 6.07) is 8.99. The Hall–Kier alpha value is -1.87. The highest BCUT2D eigenvalue weighted by Gasteiger charge is 2.19. The van der Waals surface area contributed by atoms with Gasteiger partial charge in [0.25, 0.3) is 0 Å². The topological polar surface area (TPSA) is 34.1 Å². The van der Waals surface area contributed by atoms with Crippen molar-refractivity contribution in [2.24, 2.45) is 0 Å². The zero-order valence-electron chi connectivity index (χ0n) is 12.0. The summed E-state index contributed by atoms with van der Waals surface area (Å²) in [5.41, 5.74) is 3.58. The highest BCUT2D eigenvalue weighted by molar-refractivity contribution is 5.37. The Kier molecular flexibility index (Phi) is 3.70. The monoisotopic (exact) mass is 268 g/mol. The molecule has 0 amide bonds. The first-order valence-corrected chi connectivity index (χ1v) is 7.12. The van der Waals surface area contributed by atoms with Gasteiger partial charge in [0, 0.05) is 18.8 Å². The van der Waals surface area contributed by atoms with E-state index in [1.165, 1.54) is 29.5 Å². The molecule has 1 aromatic heterocycles. The van der Waals surface area contributed by atoms with Crippen LogP contribution in [-0.2, 0) is 6.54 Å². The first kappa shape index (κ1) is 13.1. The van der Waals surface area contributed by atoms with Crippen LogP contribution in [0, 0.1) is 13.8 Å². The van der Waals surface area contributed by atoms with Crippen LogP contribution in [0.15, 0.2) is 36.7 Å². The normalized spacial score (nSPS) is 14.3. The molecule has 3 rings (SSSR count). The second-order valence-corrected chi connectivity index (χ2v) is 5.61. The molecule has 1 aromatic carbocycles. The third kappa shape index (κ3) is 3.58. The number of nitrogens with one attached hydrogen (secondary N) is 1. The van der Waals surface area contributed by atoms with E-state index in [4.69, 9.17) is 4.74 Å². The van der Waals surface area contributed by atoms with Gasteiger partial charge in [-0.25, -0.2) is 0 Å². The molecule has 0 atom stereocenters. The zero-order chi connectivity index (χ0) is 13.9. The van der Waals surface area contributed by atoms with Crippen LogP contribution < -0.4 is 10.1 Å². The third-order valence-corrected chi connectivity index (χ3v) is 3.37. The second-order valence-electron chi connectivity index (χ2n) is 5.61. The van der Waals surface area contributed by atoms with Crippen LogP contribution in [-0.4, -0.2) is 11.0 Å². The Bertz CT molecular complexity index is 585. The lowest BCUT2D eigenvalue weighted by molar-refractivity contribution is 0.478. The van der Waals surface area contributed by atoms with Crippen LogP contribution in [0.3, 0.4) is 0 Å². The van der Waals surface area contributed by atoms with Gasteiger partial charge in [0.2, 0.25) is 0 Å². The second kappa shape index (κ2) is 5.63. The standard InChI is InChI=1S/C17H20N2O/c1-12-5-13(2)7-16(6-12)20-17-8-14(9-18-11-17)10-19-15-3-4-15/h5-9,11,15,19H,3-4,10H2,1-2H3. The summed E-state index contributed by atoms with van der Waals surface area (Å²) >= 11 is 0. The number of aryl methyl sites for hydroxylation is 2. The summed E-state index contributed by atoms with van der Waals surface area (Å²) in [6.45, 7) is 5.02. The highest BCUT2D eigenvalue weighted by atomic mass is 16.5. The van der Waals surface area contributed by atoms with Crippen LogP contribution in [0.5, 0.6) is 11.5 Å². The van der Waals surface area contributed by atoms with Gasteiger partial charge in [0.05, 0.1) is 6.20 Å². The first-order chi connectivity index (χ1) is 9.69. The van der Waals surface area contributed by atoms with E-state index < -0.39 is 0 Å². The summed E-state index contributed by atoms with van der Waals surface area (Å²) in [6.07, 6.45) is 6.25. The Balaban J connectivity index is 1.70. The minimum atomic E-state index is 0.707. The quantitative estimate of drug-likeness (QED) is 0.897. The number of pyridine rings is 1. The van der Waals surface area contributed by atoms with E-state index in [0.717, 1.165) is 18.0 Å². The molecule has 1 aliphatic carbocycles. The maximum absolute atomic E-state index is 5.91. The molecule has 0 radical (unpaired) electrons. The predicted molar refractivity (Wildman–Crippen MR) is 80.1 cm³/mol. The van der Waals surface area contributed by atoms with Gasteiger partial charge >= 0.3 is 0 Å². The van der Waals surface area contributed by atoms with Crippen molar-refractivity contribution in [3.05, 3.63) is 53.3 Å². The van der Waals surface area contributed by atoms with Gasteiger partial charge < -0.3 is 10.1 Å². The molecular weight excluding hydrogens is 248 g/mol. The largest absolute Gasteiger partial charge is 0.456 e. The summed E-state index contributed by atoms with van der Waals surface area (Å²) in [4.78, 5) is 4.26. The number of nitrogens with zero attached hydrogens (tertiary/aromatic N) is 1. The van der Waals surface area contributed by atoms with Gasteiger partial charge in [-0.3, -0.25) is 4.98 Å². The van der Waals surface area contributed by atoms with Crippen LogP contribution in [0.1, 0.15) is 29.5 Å². The average molecular weight is 268 g/mol. The van der Waals surface area contributed by atoms with Gasteiger partial charge in [0.15, 0.2) is 0 Å². The molecule has 3 heteroatoms. The molecule has 1 aliphatic rings. The first-order valence-electron chi connectivity index (χ1n) is 7.12. The fourth-order valence-electron chi connectivity index (χ4n) is 2.29. The average Bonchev–Trinajstić information content (AvgIpc) is 3.19. The molecule has 1 fully saturated rings. The Morgan fingerprint density at radius 2 is 1.80 bits per heavy atom. The minimum Gasteiger partial charge on any atom is -0.456 e. The number of benzene rings is 1. The lowest BCUT2D eigenvalue weighted by Gasteiger charge is -2.09. The van der Waals surface area contributed by atoms with E-state index in [9.17, 15) is 0 Å². The van der Waals surface area contributed by atoms with Crippen molar-refractivity contribution < 1.29 is 4.74 Å². The molecule has 20 heavy (non-hydrogen) atoms. The molecule has 104 valence electrons. The molecule has 0 aliphatic heterocycles. The van der Waals surface area contributed by atoms with Crippen molar-refractivity contribution in [2.75, 3.05) is 0 Å². The third-order valence-electron chi connectivity index (χ3n) is 3.37. The Labute approximate surface area is 120 Å². The highest BCUT2D eigenvalue weighted by Crippen LogP contribution is 2.24. The summed E-state index contributed by atoms with van der Waals surface area (Å²) in [5, 5.41) is 3.49. The van der Waals surface area contributed by atoms with Gasteiger partial charge in [-0.05, 0) is 61.6 Å². The van der Waals surface area contributed by atoms with E-state index in [1.807, 2.05) is 18.3 Å². The van der Waals surface area contributed by atoms with E-state index >= 15 is 0 Å². The summed E-state index contributed by atoms with van der Waals surface area (Å²) in [7, 11) is 0. The van der Waals surface area contributed by atoms with Crippen molar-refractivity contribution >= 4 is 0 Å². The minimum absolute atomic E-state index is 0.707. The molecular formula is C17H20N2O.